The lowest BCUT2D eigenvalue weighted by Gasteiger charge is -1.96. The Morgan fingerprint density at radius 1 is 1.54 bits per heavy atom. The second kappa shape index (κ2) is 3.27. The van der Waals surface area contributed by atoms with Crippen LogP contribution in [-0.4, -0.2) is 26.7 Å². The van der Waals surface area contributed by atoms with E-state index in [4.69, 9.17) is 16.3 Å². The first-order chi connectivity index (χ1) is 6.31. The number of nitrogens with zero attached hydrogens (tertiary/aromatic N) is 4. The molecule has 0 radical (unpaired) electrons. The molecule has 0 aliphatic heterocycles. The molecule has 2 aromatic rings. The molecule has 0 saturated heterocycles. The van der Waals surface area contributed by atoms with Crippen LogP contribution >= 0.6 is 11.6 Å². The van der Waals surface area contributed by atoms with Crippen molar-refractivity contribution in [2.24, 2.45) is 0 Å². The number of methoxy groups -OCH3 is 1. The van der Waals surface area contributed by atoms with Crippen molar-refractivity contribution in [1.29, 1.82) is 0 Å². The van der Waals surface area contributed by atoms with Crippen molar-refractivity contribution in [3.05, 3.63) is 23.4 Å². The molecular weight excluding hydrogens is 192 g/mol. The van der Waals surface area contributed by atoms with Gasteiger partial charge in [0.15, 0.2) is 11.5 Å². The fourth-order valence-corrected chi connectivity index (χ4v) is 1.19. The van der Waals surface area contributed by atoms with Crippen LogP contribution in [0.3, 0.4) is 0 Å². The zero-order valence-electron chi connectivity index (χ0n) is 6.94. The van der Waals surface area contributed by atoms with Crippen LogP contribution in [0.1, 0.15) is 5.82 Å². The van der Waals surface area contributed by atoms with Crippen molar-refractivity contribution < 1.29 is 4.74 Å². The van der Waals surface area contributed by atoms with Crippen molar-refractivity contribution in [3.8, 4) is 0 Å². The van der Waals surface area contributed by atoms with Gasteiger partial charge in [0, 0.05) is 13.2 Å². The minimum absolute atomic E-state index is 0.406. The largest absolute Gasteiger partial charge is 0.377 e. The maximum Gasteiger partial charge on any atom is 0.165 e. The van der Waals surface area contributed by atoms with E-state index in [-0.39, 0.29) is 0 Å². The molecule has 2 aromatic heterocycles. The number of hydrogen-bond donors (Lipinski definition) is 0. The van der Waals surface area contributed by atoms with E-state index < -0.39 is 0 Å². The van der Waals surface area contributed by atoms with Crippen LogP contribution in [0.4, 0.5) is 0 Å². The smallest absolute Gasteiger partial charge is 0.165 e. The molecule has 2 rings (SSSR count). The zero-order valence-corrected chi connectivity index (χ0v) is 7.69. The van der Waals surface area contributed by atoms with Crippen LogP contribution in [0.5, 0.6) is 0 Å². The van der Waals surface area contributed by atoms with E-state index in [0.717, 1.165) is 0 Å². The molecule has 0 bridgehead atoms. The zero-order chi connectivity index (χ0) is 9.26. The fourth-order valence-electron chi connectivity index (χ4n) is 1.05. The second-order valence-corrected chi connectivity index (χ2v) is 2.88. The van der Waals surface area contributed by atoms with E-state index in [1.54, 1.807) is 23.9 Å². The average molecular weight is 199 g/mol. The summed E-state index contributed by atoms with van der Waals surface area (Å²) in [6, 6.07) is 1.65. The second-order valence-electron chi connectivity index (χ2n) is 2.49. The van der Waals surface area contributed by atoms with Crippen LogP contribution in [0, 0.1) is 0 Å². The van der Waals surface area contributed by atoms with Crippen molar-refractivity contribution in [3.63, 3.8) is 0 Å². The Morgan fingerprint density at radius 3 is 3.15 bits per heavy atom. The minimum Gasteiger partial charge on any atom is -0.377 e. The van der Waals surface area contributed by atoms with Crippen LogP contribution < -0.4 is 0 Å². The van der Waals surface area contributed by atoms with E-state index in [1.165, 1.54) is 0 Å². The van der Waals surface area contributed by atoms with Crippen molar-refractivity contribution in [2.75, 3.05) is 7.11 Å². The van der Waals surface area contributed by atoms with Gasteiger partial charge in [0.2, 0.25) is 0 Å². The number of aromatic nitrogens is 4. The number of fused-ring (bicyclic) bond motifs is 1. The molecule has 68 valence electrons. The first-order valence-electron chi connectivity index (χ1n) is 3.65. The van der Waals surface area contributed by atoms with Gasteiger partial charge in [-0.1, -0.05) is 11.6 Å². The molecule has 0 spiro atoms. The first-order valence-corrected chi connectivity index (χ1v) is 4.03. The Bertz CT molecular complexity index is 427. The van der Waals surface area contributed by atoms with Gasteiger partial charge >= 0.3 is 0 Å². The van der Waals surface area contributed by atoms with E-state index in [0.29, 0.717) is 23.2 Å². The first kappa shape index (κ1) is 8.40. The van der Waals surface area contributed by atoms with Crippen molar-refractivity contribution >= 4 is 17.2 Å². The maximum atomic E-state index is 5.68. The Balaban J connectivity index is 2.55. The number of rotatable bonds is 2. The topological polar surface area (TPSA) is 52.3 Å². The molecule has 0 fully saturated rings. The molecular formula is C7H7ClN4O. The summed E-state index contributed by atoms with van der Waals surface area (Å²) in [5.41, 5.74) is 0.673. The highest BCUT2D eigenvalue weighted by Crippen LogP contribution is 2.08. The number of halogens is 1. The molecule has 0 aliphatic rings. The third-order valence-electron chi connectivity index (χ3n) is 1.61. The summed E-state index contributed by atoms with van der Waals surface area (Å²) in [5.74, 6) is 0.710. The van der Waals surface area contributed by atoms with Gasteiger partial charge in [-0.15, -0.1) is 10.2 Å². The third kappa shape index (κ3) is 1.48. The molecule has 0 unspecified atom stereocenters. The monoisotopic (exact) mass is 198 g/mol. The van der Waals surface area contributed by atoms with Crippen molar-refractivity contribution in [2.45, 2.75) is 6.61 Å². The lowest BCUT2D eigenvalue weighted by atomic mass is 10.6. The Morgan fingerprint density at radius 2 is 2.38 bits per heavy atom. The quantitative estimate of drug-likeness (QED) is 0.674. The van der Waals surface area contributed by atoms with E-state index >= 15 is 0 Å². The molecule has 0 saturated carbocycles. The predicted octanol–water partition coefficient (Wildman–Crippen LogP) is 0.924. The summed E-state index contributed by atoms with van der Waals surface area (Å²) < 4.78 is 6.67. The van der Waals surface area contributed by atoms with Gasteiger partial charge < -0.3 is 4.74 Å². The van der Waals surface area contributed by atoms with Gasteiger partial charge in [-0.3, -0.25) is 4.40 Å². The fraction of sp³-hybridized carbons (Fsp3) is 0.286. The Hall–Kier alpha value is -1.20. The average Bonchev–Trinajstić information content (AvgIpc) is 2.49. The highest BCUT2D eigenvalue weighted by atomic mass is 35.5. The lowest BCUT2D eigenvalue weighted by Crippen LogP contribution is -1.96. The van der Waals surface area contributed by atoms with Crippen LogP contribution in [-0.2, 0) is 11.3 Å². The van der Waals surface area contributed by atoms with Gasteiger partial charge in [-0.05, 0) is 0 Å². The Kier molecular flexibility index (Phi) is 2.12. The van der Waals surface area contributed by atoms with Gasteiger partial charge in [-0.25, -0.2) is 4.98 Å². The van der Waals surface area contributed by atoms with E-state index in [1.807, 2.05) is 0 Å². The van der Waals surface area contributed by atoms with Crippen LogP contribution in [0.2, 0.25) is 5.15 Å². The summed E-state index contributed by atoms with van der Waals surface area (Å²) in [6.45, 7) is 0.407. The molecule has 2 heterocycles. The summed E-state index contributed by atoms with van der Waals surface area (Å²) in [4.78, 5) is 3.92. The number of ether oxygens (including phenoxy) is 1. The third-order valence-corrected chi connectivity index (χ3v) is 1.82. The van der Waals surface area contributed by atoms with E-state index in [9.17, 15) is 0 Å². The molecule has 6 heteroatoms. The molecule has 0 aromatic carbocycles. The van der Waals surface area contributed by atoms with E-state index in [2.05, 4.69) is 15.2 Å². The van der Waals surface area contributed by atoms with Crippen LogP contribution in [0.15, 0.2) is 12.4 Å². The predicted molar refractivity (Wildman–Crippen MR) is 46.5 cm³/mol. The highest BCUT2D eigenvalue weighted by molar-refractivity contribution is 6.29. The molecule has 13 heavy (non-hydrogen) atoms. The Labute approximate surface area is 79.3 Å². The lowest BCUT2D eigenvalue weighted by molar-refractivity contribution is 0.177. The van der Waals surface area contributed by atoms with Crippen molar-refractivity contribution in [1.82, 2.24) is 19.6 Å². The standard InChI is InChI=1S/C7H7ClN4O/c1-13-3-7-11-10-6-2-5(8)9-4-12(6)7/h2,4H,3H2,1H3. The summed E-state index contributed by atoms with van der Waals surface area (Å²) in [7, 11) is 1.60. The molecule has 0 N–H and O–H groups in total. The van der Waals surface area contributed by atoms with Crippen LogP contribution in [0.25, 0.3) is 5.65 Å². The summed E-state index contributed by atoms with van der Waals surface area (Å²) in [6.07, 6.45) is 1.58. The summed E-state index contributed by atoms with van der Waals surface area (Å²) in [5, 5.41) is 8.23. The minimum atomic E-state index is 0.406. The molecule has 0 amide bonds. The summed E-state index contributed by atoms with van der Waals surface area (Å²) >= 11 is 5.68. The molecule has 5 nitrogen and oxygen atoms in total. The molecule has 0 atom stereocenters. The number of hydrogen-bond acceptors (Lipinski definition) is 4. The molecule has 0 aliphatic carbocycles. The highest BCUT2D eigenvalue weighted by Gasteiger charge is 2.04. The SMILES string of the molecule is COCc1nnc2cc(Cl)ncn12. The normalized spacial score (nSPS) is 10.9. The maximum absolute atomic E-state index is 5.68. The van der Waals surface area contributed by atoms with Gasteiger partial charge in [-0.2, -0.15) is 0 Å². The van der Waals surface area contributed by atoms with Gasteiger partial charge in [0.25, 0.3) is 0 Å². The van der Waals surface area contributed by atoms with Gasteiger partial charge in [0.1, 0.15) is 18.1 Å². The van der Waals surface area contributed by atoms with Gasteiger partial charge in [0.05, 0.1) is 0 Å².